The number of ether oxygens (including phenoxy) is 1. The fraction of sp³-hybridized carbons (Fsp3) is 0.500. The van der Waals surface area contributed by atoms with Crippen LogP contribution in [0.5, 0.6) is 0 Å². The van der Waals surface area contributed by atoms with E-state index >= 15 is 0 Å². The molecule has 0 saturated carbocycles. The van der Waals surface area contributed by atoms with Gasteiger partial charge in [0.25, 0.3) is 0 Å². The molecule has 3 unspecified atom stereocenters. The first kappa shape index (κ1) is 11.2. The Bertz CT molecular complexity index is 522. The van der Waals surface area contributed by atoms with Gasteiger partial charge in [0.15, 0.2) is 11.5 Å². The molecule has 0 aromatic carbocycles. The predicted molar refractivity (Wildman–Crippen MR) is 64.0 cm³/mol. The van der Waals surface area contributed by atoms with Gasteiger partial charge >= 0.3 is 0 Å². The van der Waals surface area contributed by atoms with E-state index in [9.17, 15) is 0 Å². The van der Waals surface area contributed by atoms with Crippen LogP contribution >= 0.6 is 23.2 Å². The number of hydrogen-bond donors (Lipinski definition) is 1. The number of rotatable bonds is 1. The molecule has 1 aliphatic heterocycles. The van der Waals surface area contributed by atoms with Crippen molar-refractivity contribution < 1.29 is 4.74 Å². The Morgan fingerprint density at radius 2 is 2.18 bits per heavy atom. The zero-order valence-electron chi connectivity index (χ0n) is 8.81. The molecule has 2 aromatic rings. The van der Waals surface area contributed by atoms with E-state index in [-0.39, 0.29) is 17.0 Å². The number of H-pyrrole nitrogens is 1. The molecule has 2 aromatic heterocycles. The first-order valence-corrected chi connectivity index (χ1v) is 6.19. The Labute approximate surface area is 107 Å². The molecule has 3 rings (SSSR count). The van der Waals surface area contributed by atoms with Crippen molar-refractivity contribution in [2.45, 2.75) is 29.9 Å². The van der Waals surface area contributed by atoms with E-state index in [1.165, 1.54) is 0 Å². The lowest BCUT2D eigenvalue weighted by Crippen LogP contribution is -2.26. The third-order valence-corrected chi connectivity index (χ3v) is 3.36. The van der Waals surface area contributed by atoms with E-state index in [4.69, 9.17) is 27.9 Å². The smallest absolute Gasteiger partial charge is 0.159 e. The molecule has 0 bridgehead atoms. The van der Waals surface area contributed by atoms with Crippen molar-refractivity contribution >= 4 is 34.2 Å². The highest BCUT2D eigenvalue weighted by molar-refractivity contribution is 6.23. The molecule has 0 radical (unpaired) electrons. The summed E-state index contributed by atoms with van der Waals surface area (Å²) in [7, 11) is 0. The number of alkyl halides is 2. The lowest BCUT2D eigenvalue weighted by Gasteiger charge is -2.28. The van der Waals surface area contributed by atoms with Crippen LogP contribution in [0.2, 0.25) is 0 Å². The Morgan fingerprint density at radius 3 is 3.00 bits per heavy atom. The van der Waals surface area contributed by atoms with Gasteiger partial charge in [-0.15, -0.1) is 11.6 Å². The van der Waals surface area contributed by atoms with Crippen molar-refractivity contribution in [1.82, 2.24) is 20.2 Å². The molecule has 3 atom stereocenters. The van der Waals surface area contributed by atoms with Gasteiger partial charge in [-0.25, -0.2) is 9.97 Å². The minimum atomic E-state index is -0.377. The largest absolute Gasteiger partial charge is 0.351 e. The van der Waals surface area contributed by atoms with Crippen molar-refractivity contribution in [2.75, 3.05) is 0 Å². The zero-order valence-corrected chi connectivity index (χ0v) is 10.3. The van der Waals surface area contributed by atoms with Gasteiger partial charge in [0.1, 0.15) is 11.7 Å². The SMILES string of the molecule is ClC1CC(Cl)OC(c2ncc3cn[nH]c3n2)C1. The van der Waals surface area contributed by atoms with Crippen LogP contribution in [0.15, 0.2) is 12.4 Å². The molecule has 90 valence electrons. The molecule has 1 N–H and O–H groups in total. The topological polar surface area (TPSA) is 63.7 Å². The lowest BCUT2D eigenvalue weighted by atomic mass is 10.1. The molecule has 0 spiro atoms. The molecule has 0 aliphatic carbocycles. The fourth-order valence-electron chi connectivity index (χ4n) is 1.89. The maximum Gasteiger partial charge on any atom is 0.159 e. The fourth-order valence-corrected chi connectivity index (χ4v) is 2.65. The summed E-state index contributed by atoms with van der Waals surface area (Å²) >= 11 is 12.1. The molecule has 17 heavy (non-hydrogen) atoms. The number of fused-ring (bicyclic) bond motifs is 1. The summed E-state index contributed by atoms with van der Waals surface area (Å²) in [4.78, 5) is 8.61. The van der Waals surface area contributed by atoms with Crippen LogP contribution in [0.1, 0.15) is 24.8 Å². The average molecular weight is 273 g/mol. The molecule has 7 heteroatoms. The highest BCUT2D eigenvalue weighted by Crippen LogP contribution is 2.33. The Kier molecular flexibility index (Phi) is 2.90. The monoisotopic (exact) mass is 272 g/mol. The molecular weight excluding hydrogens is 263 g/mol. The second-order valence-corrected chi connectivity index (χ2v) is 5.11. The molecular formula is C10H10Cl2N4O. The lowest BCUT2D eigenvalue weighted by molar-refractivity contribution is -0.0122. The van der Waals surface area contributed by atoms with Crippen molar-refractivity contribution in [2.24, 2.45) is 0 Å². The zero-order chi connectivity index (χ0) is 11.8. The van der Waals surface area contributed by atoms with Crippen molar-refractivity contribution in [3.63, 3.8) is 0 Å². The number of halogens is 2. The first-order valence-electron chi connectivity index (χ1n) is 5.32. The van der Waals surface area contributed by atoms with Crippen molar-refractivity contribution in [3.05, 3.63) is 18.2 Å². The quantitative estimate of drug-likeness (QED) is 0.810. The van der Waals surface area contributed by atoms with Crippen molar-refractivity contribution in [1.29, 1.82) is 0 Å². The van der Waals surface area contributed by atoms with Gasteiger partial charge in [0.2, 0.25) is 0 Å². The predicted octanol–water partition coefficient (Wildman–Crippen LogP) is 2.38. The van der Waals surface area contributed by atoms with E-state index in [1.54, 1.807) is 12.4 Å². The van der Waals surface area contributed by atoms with Crippen LogP contribution in [-0.2, 0) is 4.74 Å². The van der Waals surface area contributed by atoms with Gasteiger partial charge in [-0.1, -0.05) is 11.6 Å². The van der Waals surface area contributed by atoms with Crippen LogP contribution in [-0.4, -0.2) is 31.1 Å². The van der Waals surface area contributed by atoms with Gasteiger partial charge in [0, 0.05) is 18.0 Å². The van der Waals surface area contributed by atoms with E-state index in [0.717, 1.165) is 5.39 Å². The van der Waals surface area contributed by atoms with Crippen LogP contribution in [0.25, 0.3) is 11.0 Å². The van der Waals surface area contributed by atoms with Gasteiger partial charge in [-0.3, -0.25) is 5.10 Å². The Balaban J connectivity index is 1.91. The molecule has 1 aliphatic rings. The summed E-state index contributed by atoms with van der Waals surface area (Å²) in [6.45, 7) is 0. The molecule has 0 amide bonds. The van der Waals surface area contributed by atoms with Crippen LogP contribution in [0.4, 0.5) is 0 Å². The summed E-state index contributed by atoms with van der Waals surface area (Å²) in [5, 5.41) is 7.56. The third-order valence-electron chi connectivity index (χ3n) is 2.72. The molecule has 3 heterocycles. The van der Waals surface area contributed by atoms with Gasteiger partial charge < -0.3 is 4.74 Å². The van der Waals surface area contributed by atoms with Gasteiger partial charge in [-0.05, 0) is 6.42 Å². The highest BCUT2D eigenvalue weighted by atomic mass is 35.5. The maximum absolute atomic E-state index is 6.11. The maximum atomic E-state index is 6.11. The second-order valence-electron chi connectivity index (χ2n) is 4.01. The summed E-state index contributed by atoms with van der Waals surface area (Å²) in [5.41, 5.74) is 0.318. The van der Waals surface area contributed by atoms with Crippen LogP contribution in [0, 0.1) is 0 Å². The summed E-state index contributed by atoms with van der Waals surface area (Å²) in [6, 6.07) is 0. The third kappa shape index (κ3) is 2.22. The number of aromatic nitrogens is 4. The summed E-state index contributed by atoms with van der Waals surface area (Å²) in [5.74, 6) is 0.595. The minimum absolute atomic E-state index is 0.00249. The van der Waals surface area contributed by atoms with Crippen LogP contribution in [0.3, 0.4) is 0 Å². The summed E-state index contributed by atoms with van der Waals surface area (Å²) in [6.07, 6.45) is 4.46. The number of hydrogen-bond acceptors (Lipinski definition) is 4. The van der Waals surface area contributed by atoms with E-state index in [1.807, 2.05) is 0 Å². The van der Waals surface area contributed by atoms with Gasteiger partial charge in [-0.2, -0.15) is 5.10 Å². The van der Waals surface area contributed by atoms with E-state index < -0.39 is 0 Å². The number of aromatic amines is 1. The summed E-state index contributed by atoms with van der Waals surface area (Å²) < 4.78 is 5.59. The van der Waals surface area contributed by atoms with E-state index in [0.29, 0.717) is 24.3 Å². The Hall–Kier alpha value is -0.910. The molecule has 5 nitrogen and oxygen atoms in total. The molecule has 1 fully saturated rings. The van der Waals surface area contributed by atoms with Gasteiger partial charge in [0.05, 0.1) is 11.6 Å². The molecule has 1 saturated heterocycles. The highest BCUT2D eigenvalue weighted by Gasteiger charge is 2.30. The standard InChI is InChI=1S/C10H10Cl2N4O/c11-6-1-7(17-8(12)2-6)10-13-3-5-4-14-16-9(5)15-10/h3-4,6-8H,1-2H2,(H,13,14,15,16). The number of nitrogens with zero attached hydrogens (tertiary/aromatic N) is 3. The Morgan fingerprint density at radius 1 is 1.29 bits per heavy atom. The average Bonchev–Trinajstić information content (AvgIpc) is 2.74. The van der Waals surface area contributed by atoms with Crippen molar-refractivity contribution in [3.8, 4) is 0 Å². The normalized spacial score (nSPS) is 29.6. The van der Waals surface area contributed by atoms with Crippen LogP contribution < -0.4 is 0 Å². The number of nitrogens with one attached hydrogen (secondary N) is 1. The first-order chi connectivity index (χ1) is 8.22. The van der Waals surface area contributed by atoms with E-state index in [2.05, 4.69) is 20.2 Å². The minimum Gasteiger partial charge on any atom is -0.351 e. The second kappa shape index (κ2) is 4.40.